The number of sulfonamides is 1. The van der Waals surface area contributed by atoms with Crippen LogP contribution in [-0.2, 0) is 10.0 Å². The minimum atomic E-state index is -3.74. The van der Waals surface area contributed by atoms with Crippen LogP contribution in [0.2, 0.25) is 0 Å². The van der Waals surface area contributed by atoms with E-state index in [1.165, 1.54) is 28.6 Å². The van der Waals surface area contributed by atoms with Crippen LogP contribution in [0.5, 0.6) is 5.75 Å². The maximum absolute atomic E-state index is 13.2. The molecule has 0 N–H and O–H groups in total. The molecule has 2 heterocycles. The first-order chi connectivity index (χ1) is 14.9. The zero-order chi connectivity index (χ0) is 22.0. The molecule has 31 heavy (non-hydrogen) atoms. The normalized spacial score (nSPS) is 17.6. The van der Waals surface area contributed by atoms with Crippen molar-refractivity contribution in [3.05, 3.63) is 66.4 Å². The SMILES string of the molecule is C[C@H]1CN(S(=O)(=O)c2ccc(OCF)cc2)CCN1C(=O)c1cccc2cccnc12. The number of amides is 1. The summed E-state index contributed by atoms with van der Waals surface area (Å²) in [6.07, 6.45) is 1.65. The zero-order valence-electron chi connectivity index (χ0n) is 16.9. The van der Waals surface area contributed by atoms with Gasteiger partial charge in [-0.1, -0.05) is 18.2 Å². The van der Waals surface area contributed by atoms with Gasteiger partial charge >= 0.3 is 0 Å². The number of piperazine rings is 1. The highest BCUT2D eigenvalue weighted by molar-refractivity contribution is 7.89. The van der Waals surface area contributed by atoms with Crippen LogP contribution in [0.4, 0.5) is 4.39 Å². The van der Waals surface area contributed by atoms with Crippen molar-refractivity contribution in [3.63, 3.8) is 0 Å². The van der Waals surface area contributed by atoms with Crippen molar-refractivity contribution in [2.45, 2.75) is 17.9 Å². The number of para-hydroxylation sites is 1. The highest BCUT2D eigenvalue weighted by Gasteiger charge is 2.35. The lowest BCUT2D eigenvalue weighted by Crippen LogP contribution is -2.55. The number of hydrogen-bond donors (Lipinski definition) is 0. The largest absolute Gasteiger partial charge is 0.463 e. The van der Waals surface area contributed by atoms with Gasteiger partial charge in [-0.3, -0.25) is 9.78 Å². The standard InChI is InChI=1S/C22H22FN3O4S/c1-16-14-25(31(28,29)19-9-7-18(8-10-19)30-15-23)12-13-26(16)22(27)20-6-2-4-17-5-3-11-24-21(17)20/h2-11,16H,12-15H2,1H3/t16-/m0/s1. The molecule has 0 unspecified atom stereocenters. The second-order valence-corrected chi connectivity index (χ2v) is 9.25. The fraction of sp³-hybridized carbons (Fsp3) is 0.273. The molecule has 0 bridgehead atoms. The predicted octanol–water partition coefficient (Wildman–Crippen LogP) is 3.08. The number of hydrogen-bond acceptors (Lipinski definition) is 5. The third-order valence-corrected chi connectivity index (χ3v) is 7.28. The van der Waals surface area contributed by atoms with Gasteiger partial charge in [-0.15, -0.1) is 0 Å². The van der Waals surface area contributed by atoms with E-state index < -0.39 is 16.9 Å². The van der Waals surface area contributed by atoms with E-state index in [0.717, 1.165) is 5.39 Å². The average Bonchev–Trinajstić information content (AvgIpc) is 2.79. The van der Waals surface area contributed by atoms with Crippen molar-refractivity contribution in [3.8, 4) is 5.75 Å². The van der Waals surface area contributed by atoms with E-state index in [4.69, 9.17) is 4.74 Å². The quantitative estimate of drug-likeness (QED) is 0.606. The molecule has 1 aromatic heterocycles. The van der Waals surface area contributed by atoms with Crippen molar-refractivity contribution < 1.29 is 22.3 Å². The van der Waals surface area contributed by atoms with Crippen LogP contribution in [0.1, 0.15) is 17.3 Å². The van der Waals surface area contributed by atoms with Gasteiger partial charge in [0.15, 0.2) is 0 Å². The van der Waals surface area contributed by atoms with Gasteiger partial charge in [-0.05, 0) is 43.3 Å². The van der Waals surface area contributed by atoms with Crippen LogP contribution < -0.4 is 4.74 Å². The Morgan fingerprint density at radius 2 is 1.87 bits per heavy atom. The number of fused-ring (bicyclic) bond motifs is 1. The van der Waals surface area contributed by atoms with E-state index >= 15 is 0 Å². The molecule has 9 heteroatoms. The first-order valence-electron chi connectivity index (χ1n) is 9.85. The second-order valence-electron chi connectivity index (χ2n) is 7.32. The molecule has 1 aliphatic heterocycles. The Hall–Kier alpha value is -3.04. The lowest BCUT2D eigenvalue weighted by atomic mass is 10.1. The van der Waals surface area contributed by atoms with Crippen LogP contribution in [0, 0.1) is 0 Å². The molecule has 7 nitrogen and oxygen atoms in total. The highest BCUT2D eigenvalue weighted by atomic mass is 32.2. The molecular formula is C22H22FN3O4S. The number of carbonyl (C=O) groups excluding carboxylic acids is 1. The minimum Gasteiger partial charge on any atom is -0.463 e. The summed E-state index contributed by atoms with van der Waals surface area (Å²) < 4.78 is 44.4. The Balaban J connectivity index is 1.52. The zero-order valence-corrected chi connectivity index (χ0v) is 17.8. The summed E-state index contributed by atoms with van der Waals surface area (Å²) in [6.45, 7) is 1.47. The summed E-state index contributed by atoms with van der Waals surface area (Å²) in [6, 6.07) is 14.5. The molecule has 1 atom stereocenters. The molecule has 0 saturated carbocycles. The third-order valence-electron chi connectivity index (χ3n) is 5.40. The number of pyridine rings is 1. The fourth-order valence-electron chi connectivity index (χ4n) is 3.80. The van der Waals surface area contributed by atoms with Gasteiger partial charge in [0, 0.05) is 37.3 Å². The lowest BCUT2D eigenvalue weighted by molar-refractivity contribution is 0.0593. The number of nitrogens with zero attached hydrogens (tertiary/aromatic N) is 3. The molecule has 1 amide bonds. The maximum atomic E-state index is 13.2. The molecule has 0 radical (unpaired) electrons. The number of carbonyl (C=O) groups is 1. The monoisotopic (exact) mass is 443 g/mol. The van der Waals surface area contributed by atoms with E-state index in [9.17, 15) is 17.6 Å². The van der Waals surface area contributed by atoms with Gasteiger partial charge in [0.2, 0.25) is 16.9 Å². The van der Waals surface area contributed by atoms with Gasteiger partial charge in [0.05, 0.1) is 16.0 Å². The van der Waals surface area contributed by atoms with Crippen LogP contribution in [0.25, 0.3) is 10.9 Å². The van der Waals surface area contributed by atoms with E-state index in [1.807, 2.05) is 31.2 Å². The third kappa shape index (κ3) is 4.11. The Morgan fingerprint density at radius 1 is 1.13 bits per heavy atom. The summed E-state index contributed by atoms with van der Waals surface area (Å²) in [5.41, 5.74) is 1.14. The molecule has 0 spiro atoms. The van der Waals surface area contributed by atoms with Crippen molar-refractivity contribution in [2.24, 2.45) is 0 Å². The van der Waals surface area contributed by atoms with Crippen LogP contribution in [0.3, 0.4) is 0 Å². The Morgan fingerprint density at radius 3 is 2.58 bits per heavy atom. The van der Waals surface area contributed by atoms with Crippen molar-refractivity contribution in [1.29, 1.82) is 0 Å². The van der Waals surface area contributed by atoms with E-state index in [-0.39, 0.29) is 42.2 Å². The van der Waals surface area contributed by atoms with Gasteiger partial charge < -0.3 is 9.64 Å². The summed E-state index contributed by atoms with van der Waals surface area (Å²) in [4.78, 5) is 19.4. The predicted molar refractivity (Wildman–Crippen MR) is 114 cm³/mol. The first kappa shape index (κ1) is 21.2. The minimum absolute atomic E-state index is 0.101. The Labute approximate surface area is 180 Å². The van der Waals surface area contributed by atoms with Crippen LogP contribution in [0.15, 0.2) is 65.7 Å². The number of aromatic nitrogens is 1. The molecule has 2 aromatic carbocycles. The summed E-state index contributed by atoms with van der Waals surface area (Å²) >= 11 is 0. The number of halogens is 1. The van der Waals surface area contributed by atoms with E-state index in [0.29, 0.717) is 11.1 Å². The summed E-state index contributed by atoms with van der Waals surface area (Å²) in [5, 5.41) is 0.877. The molecule has 162 valence electrons. The van der Waals surface area contributed by atoms with Crippen molar-refractivity contribution in [1.82, 2.24) is 14.2 Å². The fourth-order valence-corrected chi connectivity index (χ4v) is 5.31. The van der Waals surface area contributed by atoms with Gasteiger partial charge in [-0.2, -0.15) is 4.31 Å². The molecule has 1 saturated heterocycles. The second kappa shape index (κ2) is 8.60. The number of benzene rings is 2. The molecule has 1 fully saturated rings. The Kier molecular flexibility index (Phi) is 5.88. The molecule has 0 aliphatic carbocycles. The van der Waals surface area contributed by atoms with Crippen LogP contribution >= 0.6 is 0 Å². The first-order valence-corrected chi connectivity index (χ1v) is 11.3. The molecule has 3 aromatic rings. The van der Waals surface area contributed by atoms with Gasteiger partial charge in [0.25, 0.3) is 5.91 Å². The molecule has 4 rings (SSSR count). The average molecular weight is 444 g/mol. The topological polar surface area (TPSA) is 79.8 Å². The number of alkyl halides is 1. The number of rotatable bonds is 5. The van der Waals surface area contributed by atoms with Crippen LogP contribution in [-0.4, -0.2) is 61.1 Å². The van der Waals surface area contributed by atoms with E-state index in [2.05, 4.69) is 4.98 Å². The lowest BCUT2D eigenvalue weighted by Gasteiger charge is -2.39. The summed E-state index contributed by atoms with van der Waals surface area (Å²) in [7, 11) is -3.74. The maximum Gasteiger partial charge on any atom is 0.256 e. The number of ether oxygens (including phenoxy) is 1. The van der Waals surface area contributed by atoms with Crippen molar-refractivity contribution in [2.75, 3.05) is 26.5 Å². The van der Waals surface area contributed by atoms with E-state index in [1.54, 1.807) is 17.2 Å². The highest BCUT2D eigenvalue weighted by Crippen LogP contribution is 2.25. The Bertz CT molecular complexity index is 1200. The van der Waals surface area contributed by atoms with Crippen molar-refractivity contribution >= 4 is 26.8 Å². The van der Waals surface area contributed by atoms with Gasteiger partial charge in [0.1, 0.15) is 5.75 Å². The van der Waals surface area contributed by atoms with Gasteiger partial charge in [-0.25, -0.2) is 12.8 Å². The molecular weight excluding hydrogens is 421 g/mol. The molecule has 1 aliphatic rings. The smallest absolute Gasteiger partial charge is 0.256 e. The summed E-state index contributed by atoms with van der Waals surface area (Å²) in [5.74, 6) is 0.0931.